The van der Waals surface area contributed by atoms with Crippen LogP contribution < -0.4 is 5.14 Å². The topological polar surface area (TPSA) is 80.5 Å². The van der Waals surface area contributed by atoms with Crippen LogP contribution in [0.3, 0.4) is 0 Å². The van der Waals surface area contributed by atoms with Crippen molar-refractivity contribution >= 4 is 15.9 Å². The highest BCUT2D eigenvalue weighted by atomic mass is 32.2. The Hall–Kier alpha value is -1.47. The molecule has 0 spiro atoms. The largest absolute Gasteiger partial charge is 0.339 e. The Bertz CT molecular complexity index is 623. The van der Waals surface area contributed by atoms with E-state index < -0.39 is 21.7 Å². The molecule has 0 atom stereocenters. The van der Waals surface area contributed by atoms with E-state index in [1.54, 1.807) is 4.90 Å². The molecule has 1 aliphatic heterocycles. The lowest BCUT2D eigenvalue weighted by Crippen LogP contribution is -2.34. The molecule has 1 aliphatic rings. The van der Waals surface area contributed by atoms with Crippen LogP contribution in [0.4, 0.5) is 4.39 Å². The van der Waals surface area contributed by atoms with Crippen molar-refractivity contribution in [3.63, 3.8) is 0 Å². The van der Waals surface area contributed by atoms with Crippen molar-refractivity contribution in [3.8, 4) is 0 Å². The Morgan fingerprint density at radius 2 is 1.67 bits per heavy atom. The molecule has 1 saturated heterocycles. The monoisotopic (exact) mass is 314 g/mol. The first-order valence-electron chi connectivity index (χ1n) is 7.01. The molecule has 2 N–H and O–H groups in total. The minimum Gasteiger partial charge on any atom is -0.339 e. The Morgan fingerprint density at radius 3 is 2.24 bits per heavy atom. The molecule has 0 aromatic heterocycles. The van der Waals surface area contributed by atoms with Crippen molar-refractivity contribution in [1.29, 1.82) is 0 Å². The zero-order valence-electron chi connectivity index (χ0n) is 11.7. The van der Waals surface area contributed by atoms with Crippen molar-refractivity contribution in [2.45, 2.75) is 37.0 Å². The van der Waals surface area contributed by atoms with Crippen molar-refractivity contribution in [2.24, 2.45) is 5.14 Å². The SMILES string of the molecule is NS(=O)(=O)c1ccc(F)c(C(=O)N2CCCCCCC2)c1. The van der Waals surface area contributed by atoms with Crippen molar-refractivity contribution < 1.29 is 17.6 Å². The number of likely N-dealkylation sites (tertiary alicyclic amines) is 1. The first-order valence-corrected chi connectivity index (χ1v) is 8.56. The van der Waals surface area contributed by atoms with Crippen LogP contribution in [0.5, 0.6) is 0 Å². The molecule has 21 heavy (non-hydrogen) atoms. The molecule has 0 aliphatic carbocycles. The minimum atomic E-state index is -3.96. The molecule has 1 aromatic carbocycles. The molecule has 1 amide bonds. The molecule has 7 heteroatoms. The zero-order valence-corrected chi connectivity index (χ0v) is 12.5. The molecule has 0 radical (unpaired) electrons. The fraction of sp³-hybridized carbons (Fsp3) is 0.500. The van der Waals surface area contributed by atoms with Crippen LogP contribution in [0.25, 0.3) is 0 Å². The minimum absolute atomic E-state index is 0.234. The normalized spacial score (nSPS) is 17.1. The van der Waals surface area contributed by atoms with Crippen LogP contribution in [0.1, 0.15) is 42.5 Å². The van der Waals surface area contributed by atoms with E-state index in [9.17, 15) is 17.6 Å². The Kier molecular flexibility index (Phi) is 4.95. The van der Waals surface area contributed by atoms with Crippen molar-refractivity contribution in [3.05, 3.63) is 29.6 Å². The van der Waals surface area contributed by atoms with Gasteiger partial charge in [0.2, 0.25) is 10.0 Å². The van der Waals surface area contributed by atoms with E-state index in [0.29, 0.717) is 13.1 Å². The third kappa shape index (κ3) is 4.01. The Balaban J connectivity index is 2.29. The van der Waals surface area contributed by atoms with E-state index in [2.05, 4.69) is 0 Å². The van der Waals surface area contributed by atoms with E-state index in [0.717, 1.165) is 50.3 Å². The molecular formula is C14H19FN2O3S. The van der Waals surface area contributed by atoms with Gasteiger partial charge in [0.05, 0.1) is 10.5 Å². The average Bonchev–Trinajstić information content (AvgIpc) is 2.36. The summed E-state index contributed by atoms with van der Waals surface area (Å²) in [6.45, 7) is 1.13. The van der Waals surface area contributed by atoms with Gasteiger partial charge >= 0.3 is 0 Å². The van der Waals surface area contributed by atoms with Crippen LogP contribution in [-0.2, 0) is 10.0 Å². The van der Waals surface area contributed by atoms with Gasteiger partial charge in [-0.2, -0.15) is 0 Å². The summed E-state index contributed by atoms with van der Waals surface area (Å²) in [5.74, 6) is -1.20. The quantitative estimate of drug-likeness (QED) is 0.905. The molecule has 116 valence electrons. The van der Waals surface area contributed by atoms with Gasteiger partial charge in [-0.1, -0.05) is 19.3 Å². The highest BCUT2D eigenvalue weighted by molar-refractivity contribution is 7.89. The third-order valence-corrected chi connectivity index (χ3v) is 4.55. The molecule has 0 saturated carbocycles. The summed E-state index contributed by atoms with van der Waals surface area (Å²) in [5.41, 5.74) is -0.234. The first kappa shape index (κ1) is 15.9. The Morgan fingerprint density at radius 1 is 1.10 bits per heavy atom. The second kappa shape index (κ2) is 6.53. The van der Waals surface area contributed by atoms with E-state index in [-0.39, 0.29) is 10.5 Å². The maximum atomic E-state index is 13.9. The lowest BCUT2D eigenvalue weighted by Gasteiger charge is -2.25. The second-order valence-electron chi connectivity index (χ2n) is 5.25. The molecule has 0 bridgehead atoms. The fourth-order valence-electron chi connectivity index (χ4n) is 2.47. The number of nitrogens with two attached hydrogens (primary N) is 1. The lowest BCUT2D eigenvalue weighted by atomic mass is 10.1. The summed E-state index contributed by atoms with van der Waals surface area (Å²) in [7, 11) is -3.96. The van der Waals surface area contributed by atoms with Gasteiger partial charge in [0, 0.05) is 13.1 Å². The number of sulfonamides is 1. The number of halogens is 1. The van der Waals surface area contributed by atoms with Crippen LogP contribution in [0.2, 0.25) is 0 Å². The Labute approximate surface area is 124 Å². The summed E-state index contributed by atoms with van der Waals surface area (Å²) in [5, 5.41) is 5.02. The van der Waals surface area contributed by atoms with Gasteiger partial charge in [0.25, 0.3) is 5.91 Å². The molecular weight excluding hydrogens is 295 g/mol. The number of primary sulfonamides is 1. The highest BCUT2D eigenvalue weighted by Crippen LogP contribution is 2.18. The van der Waals surface area contributed by atoms with Crippen LogP contribution in [-0.4, -0.2) is 32.3 Å². The van der Waals surface area contributed by atoms with Crippen molar-refractivity contribution in [1.82, 2.24) is 4.90 Å². The number of rotatable bonds is 2. The number of nitrogens with zero attached hydrogens (tertiary/aromatic N) is 1. The summed E-state index contributed by atoms with van der Waals surface area (Å²) >= 11 is 0. The van der Waals surface area contributed by atoms with Gasteiger partial charge in [-0.05, 0) is 31.0 Å². The van der Waals surface area contributed by atoms with Gasteiger partial charge in [-0.25, -0.2) is 17.9 Å². The van der Waals surface area contributed by atoms with E-state index in [4.69, 9.17) is 5.14 Å². The van der Waals surface area contributed by atoms with Gasteiger partial charge < -0.3 is 4.90 Å². The van der Waals surface area contributed by atoms with E-state index >= 15 is 0 Å². The lowest BCUT2D eigenvalue weighted by molar-refractivity contribution is 0.0737. The zero-order chi connectivity index (χ0) is 15.5. The average molecular weight is 314 g/mol. The fourth-order valence-corrected chi connectivity index (χ4v) is 3.01. The number of hydrogen-bond acceptors (Lipinski definition) is 3. The number of hydrogen-bond donors (Lipinski definition) is 1. The maximum Gasteiger partial charge on any atom is 0.256 e. The highest BCUT2D eigenvalue weighted by Gasteiger charge is 2.22. The van der Waals surface area contributed by atoms with Gasteiger partial charge in [0.1, 0.15) is 5.82 Å². The van der Waals surface area contributed by atoms with Crippen molar-refractivity contribution in [2.75, 3.05) is 13.1 Å². The molecule has 2 rings (SSSR count). The molecule has 0 unspecified atom stereocenters. The molecule has 1 aromatic rings. The van der Waals surface area contributed by atoms with E-state index in [1.165, 1.54) is 0 Å². The number of benzene rings is 1. The first-order chi connectivity index (χ1) is 9.89. The van der Waals surface area contributed by atoms with Crippen LogP contribution in [0, 0.1) is 5.82 Å². The summed E-state index contributed by atoms with van der Waals surface area (Å²) in [6.07, 6.45) is 4.99. The molecule has 5 nitrogen and oxygen atoms in total. The van der Waals surface area contributed by atoms with E-state index in [1.807, 2.05) is 0 Å². The molecule has 1 heterocycles. The summed E-state index contributed by atoms with van der Waals surface area (Å²) in [4.78, 5) is 13.8. The molecule has 1 fully saturated rings. The number of carbonyl (C=O) groups is 1. The summed E-state index contributed by atoms with van der Waals surface area (Å²) in [6, 6.07) is 3.05. The predicted molar refractivity (Wildman–Crippen MR) is 76.8 cm³/mol. The van der Waals surface area contributed by atoms with Gasteiger partial charge in [-0.3, -0.25) is 4.79 Å². The third-order valence-electron chi connectivity index (χ3n) is 3.64. The number of carbonyl (C=O) groups excluding carboxylic acids is 1. The smallest absolute Gasteiger partial charge is 0.256 e. The number of amides is 1. The predicted octanol–water partition coefficient (Wildman–Crippen LogP) is 1.88. The van der Waals surface area contributed by atoms with Gasteiger partial charge in [-0.15, -0.1) is 0 Å². The second-order valence-corrected chi connectivity index (χ2v) is 6.81. The van der Waals surface area contributed by atoms with Gasteiger partial charge in [0.15, 0.2) is 0 Å². The van der Waals surface area contributed by atoms with Crippen LogP contribution in [0.15, 0.2) is 23.1 Å². The maximum absolute atomic E-state index is 13.9. The van der Waals surface area contributed by atoms with Crippen LogP contribution >= 0.6 is 0 Å². The summed E-state index contributed by atoms with van der Waals surface area (Å²) < 4.78 is 36.5. The standard InChI is InChI=1S/C14H19FN2O3S/c15-13-7-6-11(21(16,19)20)10-12(13)14(18)17-8-4-2-1-3-5-9-17/h6-7,10H,1-5,8-9H2,(H2,16,19,20).